The van der Waals surface area contributed by atoms with E-state index in [4.69, 9.17) is 15.5 Å². The van der Waals surface area contributed by atoms with Crippen LogP contribution in [0.5, 0.6) is 5.88 Å². The molecule has 1 aliphatic heterocycles. The SMILES string of the molecule is CCc1c(-c2cc3ccc(N(C(F)F)S(C)(=O)=O)nc3n2CC2CC2)nc2cc(C(=O)N3CC[C@@H](O)[C@@H](N)C3)cc(OC)n12. The third kappa shape index (κ3) is 5.37. The van der Waals surface area contributed by atoms with Gasteiger partial charge in [-0.2, -0.15) is 13.1 Å². The van der Waals surface area contributed by atoms with E-state index in [1.165, 1.54) is 13.2 Å². The molecule has 2 aliphatic rings. The number of aliphatic hydroxyl groups is 1. The molecule has 15 heteroatoms. The number of nitrogens with zero attached hydrogens (tertiary/aromatic N) is 6. The maximum Gasteiger partial charge on any atom is 0.329 e. The van der Waals surface area contributed by atoms with Crippen LogP contribution < -0.4 is 14.8 Å². The first-order valence-corrected chi connectivity index (χ1v) is 16.4. The molecule has 44 heavy (non-hydrogen) atoms. The van der Waals surface area contributed by atoms with Crippen LogP contribution in [0.1, 0.15) is 42.2 Å². The summed E-state index contributed by atoms with van der Waals surface area (Å²) < 4.78 is 61.6. The van der Waals surface area contributed by atoms with Crippen LogP contribution in [0.4, 0.5) is 14.6 Å². The molecule has 12 nitrogen and oxygen atoms in total. The van der Waals surface area contributed by atoms with Crippen molar-refractivity contribution < 1.29 is 31.8 Å². The Bertz CT molecular complexity index is 1850. The molecule has 1 saturated heterocycles. The zero-order valence-electron chi connectivity index (χ0n) is 24.7. The number of alkyl halides is 2. The van der Waals surface area contributed by atoms with E-state index in [2.05, 4.69) is 4.98 Å². The predicted molar refractivity (Wildman–Crippen MR) is 160 cm³/mol. The van der Waals surface area contributed by atoms with Gasteiger partial charge in [0, 0.05) is 42.7 Å². The van der Waals surface area contributed by atoms with Crippen molar-refractivity contribution in [3.05, 3.63) is 41.6 Å². The van der Waals surface area contributed by atoms with Crippen LogP contribution in [0.15, 0.2) is 30.3 Å². The number of carbonyl (C=O) groups excluding carboxylic acids is 1. The van der Waals surface area contributed by atoms with Crippen LogP contribution in [0, 0.1) is 5.92 Å². The molecule has 3 N–H and O–H groups in total. The zero-order chi connectivity index (χ0) is 31.5. The molecule has 4 aromatic rings. The van der Waals surface area contributed by atoms with Gasteiger partial charge in [-0.1, -0.05) is 6.92 Å². The number of fused-ring (bicyclic) bond motifs is 2. The van der Waals surface area contributed by atoms with Gasteiger partial charge >= 0.3 is 6.55 Å². The number of carbonyl (C=O) groups is 1. The third-order valence-corrected chi connectivity index (χ3v) is 9.41. The lowest BCUT2D eigenvalue weighted by atomic mass is 10.0. The number of rotatable bonds is 9. The largest absolute Gasteiger partial charge is 0.482 e. The Hall–Kier alpha value is -3.82. The summed E-state index contributed by atoms with van der Waals surface area (Å²) in [4.78, 5) is 24.5. The van der Waals surface area contributed by atoms with Crippen LogP contribution in [-0.4, -0.2) is 88.4 Å². The van der Waals surface area contributed by atoms with E-state index in [1.54, 1.807) is 23.1 Å². The Kier molecular flexibility index (Phi) is 7.74. The second-order valence-electron chi connectivity index (χ2n) is 11.5. The number of likely N-dealkylation sites (tertiary alicyclic amines) is 1. The number of methoxy groups -OCH3 is 1. The molecular weight excluding hydrogens is 596 g/mol. The molecule has 236 valence electrons. The molecule has 1 amide bonds. The highest BCUT2D eigenvalue weighted by Gasteiger charge is 2.32. The average molecular weight is 632 g/mol. The summed E-state index contributed by atoms with van der Waals surface area (Å²) in [5, 5.41) is 10.7. The van der Waals surface area contributed by atoms with E-state index < -0.39 is 28.7 Å². The van der Waals surface area contributed by atoms with Gasteiger partial charge in [-0.25, -0.2) is 18.4 Å². The molecule has 1 saturated carbocycles. The summed E-state index contributed by atoms with van der Waals surface area (Å²) in [6.07, 6.45) is 3.02. The van der Waals surface area contributed by atoms with Gasteiger partial charge in [0.25, 0.3) is 5.91 Å². The predicted octanol–water partition coefficient (Wildman–Crippen LogP) is 2.85. The average Bonchev–Trinajstić information content (AvgIpc) is 3.62. The normalized spacial score (nSPS) is 19.3. The first-order valence-electron chi connectivity index (χ1n) is 14.5. The minimum atomic E-state index is -4.28. The lowest BCUT2D eigenvalue weighted by Gasteiger charge is -2.34. The topological polar surface area (TPSA) is 148 Å². The molecule has 0 unspecified atom stereocenters. The number of piperidine rings is 1. The van der Waals surface area contributed by atoms with Crippen LogP contribution in [0.2, 0.25) is 0 Å². The van der Waals surface area contributed by atoms with Gasteiger partial charge in [0.05, 0.1) is 30.9 Å². The number of ether oxygens (including phenoxy) is 1. The summed E-state index contributed by atoms with van der Waals surface area (Å²) >= 11 is 0. The highest BCUT2D eigenvalue weighted by Crippen LogP contribution is 2.38. The number of imidazole rings is 1. The van der Waals surface area contributed by atoms with E-state index >= 15 is 0 Å². The number of anilines is 1. The van der Waals surface area contributed by atoms with Gasteiger partial charge in [0.15, 0.2) is 5.88 Å². The Labute approximate surface area is 253 Å². The summed E-state index contributed by atoms with van der Waals surface area (Å²) in [7, 11) is -2.77. The molecule has 1 aliphatic carbocycles. The number of hydrogen-bond donors (Lipinski definition) is 2. The summed E-state index contributed by atoms with van der Waals surface area (Å²) in [5.74, 6) is 0.168. The Morgan fingerprint density at radius 3 is 2.57 bits per heavy atom. The molecular formula is C29H35F2N7O5S. The monoisotopic (exact) mass is 631 g/mol. The number of pyridine rings is 2. The van der Waals surface area contributed by atoms with Crippen molar-refractivity contribution in [1.82, 2.24) is 23.8 Å². The van der Waals surface area contributed by atoms with Gasteiger partial charge < -0.3 is 25.0 Å². The molecule has 5 heterocycles. The Morgan fingerprint density at radius 1 is 1.20 bits per heavy atom. The highest BCUT2D eigenvalue weighted by atomic mass is 32.2. The van der Waals surface area contributed by atoms with Crippen LogP contribution >= 0.6 is 0 Å². The van der Waals surface area contributed by atoms with Gasteiger partial charge in [0.2, 0.25) is 10.0 Å². The van der Waals surface area contributed by atoms with E-state index in [9.17, 15) is 27.1 Å². The minimum Gasteiger partial charge on any atom is -0.482 e. The van der Waals surface area contributed by atoms with Gasteiger partial charge in [0.1, 0.15) is 22.8 Å². The summed E-state index contributed by atoms with van der Waals surface area (Å²) in [5.41, 5.74) is 9.38. The molecule has 0 bridgehead atoms. The molecule has 4 aromatic heterocycles. The fourth-order valence-electron chi connectivity index (χ4n) is 5.93. The lowest BCUT2D eigenvalue weighted by molar-refractivity contribution is 0.0459. The lowest BCUT2D eigenvalue weighted by Crippen LogP contribution is -2.53. The van der Waals surface area contributed by atoms with Crippen molar-refractivity contribution in [2.75, 3.05) is 30.8 Å². The van der Waals surface area contributed by atoms with E-state index in [1.807, 2.05) is 22.0 Å². The Morgan fingerprint density at radius 2 is 1.95 bits per heavy atom. The van der Waals surface area contributed by atoms with Gasteiger partial charge in [-0.15, -0.1) is 0 Å². The van der Waals surface area contributed by atoms with Gasteiger partial charge in [-0.05, 0) is 55.9 Å². The standard InChI is InChI=1S/C29H35F2N7O5S/c1-4-20-26(33-24-12-18(13-25(43-2)37(20)24)28(40)35-10-9-22(39)19(32)15-35)21-11-17-7-8-23(38(29(30)31)44(3,41)42)34-27(17)36(21)14-16-5-6-16/h7-8,11-13,16,19,22,29,39H,4-6,9-10,14-15,32H2,1-3H3/t19-,22+/m0/s1. The quantitative estimate of drug-likeness (QED) is 0.268. The molecule has 0 radical (unpaired) electrons. The second-order valence-corrected chi connectivity index (χ2v) is 13.4. The number of aromatic nitrogens is 4. The zero-order valence-corrected chi connectivity index (χ0v) is 25.5. The van der Waals surface area contributed by atoms with Gasteiger partial charge in [-0.3, -0.25) is 9.20 Å². The van der Waals surface area contributed by atoms with Crippen molar-refractivity contribution >= 4 is 38.4 Å². The first kappa shape index (κ1) is 30.2. The van der Waals surface area contributed by atoms with Crippen LogP contribution in [0.25, 0.3) is 28.1 Å². The van der Waals surface area contributed by atoms with Crippen molar-refractivity contribution in [2.24, 2.45) is 11.7 Å². The molecule has 0 spiro atoms. The first-order chi connectivity index (χ1) is 20.9. The maximum atomic E-state index is 13.8. The number of aryl methyl sites for hydroxylation is 1. The van der Waals surface area contributed by atoms with Crippen molar-refractivity contribution in [1.29, 1.82) is 0 Å². The van der Waals surface area contributed by atoms with Crippen molar-refractivity contribution in [2.45, 2.75) is 57.8 Å². The minimum absolute atomic E-state index is 0.0162. The van der Waals surface area contributed by atoms with Crippen LogP contribution in [-0.2, 0) is 23.0 Å². The molecule has 0 aromatic carbocycles. The molecule has 2 fully saturated rings. The number of amides is 1. The number of aliphatic hydroxyl groups excluding tert-OH is 1. The fourth-order valence-corrected chi connectivity index (χ4v) is 6.66. The smallest absolute Gasteiger partial charge is 0.329 e. The summed E-state index contributed by atoms with van der Waals surface area (Å²) in [6, 6.07) is 7.56. The number of halogens is 2. The fraction of sp³-hybridized carbons (Fsp3) is 0.483. The van der Waals surface area contributed by atoms with Crippen LogP contribution in [0.3, 0.4) is 0 Å². The number of sulfonamides is 1. The number of nitrogens with two attached hydrogens (primary N) is 1. The number of hydrogen-bond acceptors (Lipinski definition) is 8. The molecule has 2 atom stereocenters. The highest BCUT2D eigenvalue weighted by molar-refractivity contribution is 7.92. The van der Waals surface area contributed by atoms with Crippen molar-refractivity contribution in [3.8, 4) is 17.3 Å². The van der Waals surface area contributed by atoms with E-state index in [0.29, 0.717) is 71.4 Å². The third-order valence-electron chi connectivity index (χ3n) is 8.35. The van der Waals surface area contributed by atoms with Crippen molar-refractivity contribution in [3.63, 3.8) is 0 Å². The molecule has 6 rings (SSSR count). The Balaban J connectivity index is 1.50. The van der Waals surface area contributed by atoms with E-state index in [-0.39, 0.29) is 22.6 Å². The maximum absolute atomic E-state index is 13.8. The van der Waals surface area contributed by atoms with E-state index in [0.717, 1.165) is 24.8 Å². The summed E-state index contributed by atoms with van der Waals surface area (Å²) in [6.45, 7) is -0.155. The second kappa shape index (κ2) is 11.3.